The molecule has 0 aliphatic heterocycles. The van der Waals surface area contributed by atoms with Gasteiger partial charge in [0, 0.05) is 12.7 Å². The molecule has 4 aromatic carbocycles. The van der Waals surface area contributed by atoms with E-state index in [1.165, 1.54) is 18.2 Å². The van der Waals surface area contributed by atoms with Gasteiger partial charge < -0.3 is 14.4 Å². The second kappa shape index (κ2) is 18.9. The van der Waals surface area contributed by atoms with Gasteiger partial charge in [0.2, 0.25) is 21.7 Å². The number of esters is 2. The van der Waals surface area contributed by atoms with Crippen LogP contribution in [0.2, 0.25) is 0 Å². The molecule has 0 heterocycles. The van der Waals surface area contributed by atoms with Crippen LogP contribution in [0.15, 0.2) is 101 Å². The van der Waals surface area contributed by atoms with Gasteiger partial charge in [-0.25, -0.2) is 40.0 Å². The quantitative estimate of drug-likeness (QED) is 0.0540. The summed E-state index contributed by atoms with van der Waals surface area (Å²) in [6, 6.07) is 19.9. The monoisotopic (exact) mass is 836 g/mol. The minimum Gasteiger partial charge on any atom is -0.457 e. The maximum atomic E-state index is 14.8. The van der Waals surface area contributed by atoms with Crippen LogP contribution in [0.4, 0.5) is 27.6 Å². The lowest BCUT2D eigenvalue weighted by atomic mass is 9.84. The fraction of sp³-hybridized carbons (Fsp3) is 0.295. The van der Waals surface area contributed by atoms with Gasteiger partial charge in [-0.15, -0.1) is 0 Å². The number of hydrogen-bond acceptors (Lipinski definition) is 7. The standard InChI is InChI=1S/C44H41F5N2O7S/c1-50(59(55,56)42-40(48)38(46)37(45)39(47)41(42)49)25-36(52)51(24-28-17-19-32(20-18-28)31-15-9-4-10-16-31)35-22-33(43(53)57-26-29-11-5-2-6-12-29)21-34(23-35)44(54)58-27-30-13-7-3-8-14-30/h2,5-7,11-14,17-23,31H,3-4,8-10,15-16,24-27H2,1H3. The smallest absolute Gasteiger partial charge is 0.338 e. The van der Waals surface area contributed by atoms with Gasteiger partial charge in [-0.1, -0.05) is 92.1 Å². The topological polar surface area (TPSA) is 110 Å². The molecule has 0 bridgehead atoms. The first-order valence-electron chi connectivity index (χ1n) is 19.0. The van der Waals surface area contributed by atoms with Crippen LogP contribution in [0, 0.1) is 29.1 Å². The molecule has 0 N–H and O–H groups in total. The number of benzene rings is 4. The number of ether oxygens (including phenoxy) is 2. The van der Waals surface area contributed by atoms with Gasteiger partial charge in [0.15, 0.2) is 28.2 Å². The molecule has 0 unspecified atom stereocenters. The molecule has 1 amide bonds. The molecule has 0 atom stereocenters. The molecule has 4 aromatic rings. The van der Waals surface area contributed by atoms with Gasteiger partial charge in [0.1, 0.15) is 13.2 Å². The molecule has 9 nitrogen and oxygen atoms in total. The van der Waals surface area contributed by atoms with E-state index in [4.69, 9.17) is 9.47 Å². The number of hydrogen-bond donors (Lipinski definition) is 0. The first-order chi connectivity index (χ1) is 28.2. The van der Waals surface area contributed by atoms with Gasteiger partial charge in [-0.05, 0) is 72.1 Å². The lowest BCUT2D eigenvalue weighted by molar-refractivity contribution is -0.118. The first kappa shape index (κ1) is 42.9. The molecule has 59 heavy (non-hydrogen) atoms. The van der Waals surface area contributed by atoms with E-state index in [0.29, 0.717) is 17.0 Å². The molecule has 0 spiro atoms. The minimum atomic E-state index is -5.53. The summed E-state index contributed by atoms with van der Waals surface area (Å²) in [7, 11) is -4.80. The highest BCUT2D eigenvalue weighted by molar-refractivity contribution is 7.89. The molecule has 0 aromatic heterocycles. The summed E-state index contributed by atoms with van der Waals surface area (Å²) >= 11 is 0. The van der Waals surface area contributed by atoms with Crippen molar-refractivity contribution >= 4 is 33.6 Å². The predicted octanol–water partition coefficient (Wildman–Crippen LogP) is 9.07. The van der Waals surface area contributed by atoms with Crippen molar-refractivity contribution in [1.29, 1.82) is 0 Å². The van der Waals surface area contributed by atoms with Crippen LogP contribution in [0.5, 0.6) is 0 Å². The fourth-order valence-corrected chi connectivity index (χ4v) is 8.21. The van der Waals surface area contributed by atoms with Crippen LogP contribution < -0.4 is 4.90 Å². The van der Waals surface area contributed by atoms with Crippen molar-refractivity contribution in [2.75, 3.05) is 25.1 Å². The molecule has 1 fully saturated rings. The molecule has 2 aliphatic rings. The molecule has 310 valence electrons. The number of carbonyl (C=O) groups is 3. The Balaban J connectivity index is 1.37. The Morgan fingerprint density at radius 3 is 1.90 bits per heavy atom. The Labute approximate surface area is 338 Å². The maximum absolute atomic E-state index is 14.8. The SMILES string of the molecule is CN(CC(=O)N(Cc1ccc(C2CCCCC2)cc1)c1cc(C(=O)OCC2=CCCC=C2)cc(C(=O)OCc2ccccc2)c1)S(=O)(=O)c1c(F)c(F)c(F)c(F)c1F. The summed E-state index contributed by atoms with van der Waals surface area (Å²) in [6.45, 7) is -1.68. The molecule has 0 saturated heterocycles. The molecular formula is C44H41F5N2O7S. The van der Waals surface area contributed by atoms with Crippen molar-refractivity contribution in [3.63, 3.8) is 0 Å². The summed E-state index contributed by atoms with van der Waals surface area (Å²) in [6.07, 6.45) is 12.6. The number of carbonyl (C=O) groups excluding carboxylic acids is 3. The summed E-state index contributed by atoms with van der Waals surface area (Å²) < 4.78 is 110. The van der Waals surface area contributed by atoms with Crippen molar-refractivity contribution in [3.8, 4) is 0 Å². The number of nitrogens with zero attached hydrogens (tertiary/aromatic N) is 2. The molecule has 15 heteroatoms. The molecule has 1 saturated carbocycles. The molecule has 0 radical (unpaired) electrons. The largest absolute Gasteiger partial charge is 0.457 e. The first-order valence-corrected chi connectivity index (χ1v) is 20.4. The van der Waals surface area contributed by atoms with Crippen LogP contribution >= 0.6 is 0 Å². The van der Waals surface area contributed by atoms with Gasteiger partial charge in [-0.2, -0.15) is 4.31 Å². The number of rotatable bonds is 14. The van der Waals surface area contributed by atoms with E-state index in [-0.39, 0.29) is 40.9 Å². The van der Waals surface area contributed by atoms with Crippen LogP contribution in [-0.2, 0) is 37.4 Å². The van der Waals surface area contributed by atoms with E-state index < -0.39 is 68.4 Å². The predicted molar refractivity (Wildman–Crippen MR) is 208 cm³/mol. The van der Waals surface area contributed by atoms with Gasteiger partial charge in [0.25, 0.3) is 0 Å². The van der Waals surface area contributed by atoms with E-state index in [2.05, 4.69) is 0 Å². The highest BCUT2D eigenvalue weighted by Crippen LogP contribution is 2.34. The number of anilines is 1. The average molecular weight is 837 g/mol. The van der Waals surface area contributed by atoms with Gasteiger partial charge in [0.05, 0.1) is 24.2 Å². The van der Waals surface area contributed by atoms with E-state index >= 15 is 0 Å². The highest BCUT2D eigenvalue weighted by atomic mass is 32.2. The minimum absolute atomic E-state index is 0.0914. The van der Waals surface area contributed by atoms with Crippen LogP contribution in [0.25, 0.3) is 0 Å². The Morgan fingerprint density at radius 2 is 1.31 bits per heavy atom. The number of likely N-dealkylation sites (N-methyl/N-ethyl adjacent to an activating group) is 1. The number of halogens is 5. The average Bonchev–Trinajstić information content (AvgIpc) is 3.26. The Bertz CT molecular complexity index is 2350. The Kier molecular flexibility index (Phi) is 13.8. The summed E-state index contributed by atoms with van der Waals surface area (Å²) in [5, 5.41) is 0. The second-order valence-electron chi connectivity index (χ2n) is 14.4. The third kappa shape index (κ3) is 10.1. The van der Waals surface area contributed by atoms with E-state index in [0.717, 1.165) is 68.0 Å². The lowest BCUT2D eigenvalue weighted by Gasteiger charge is -2.27. The normalized spacial score (nSPS) is 14.5. The Morgan fingerprint density at radius 1 is 0.712 bits per heavy atom. The van der Waals surface area contributed by atoms with Crippen molar-refractivity contribution in [3.05, 3.63) is 154 Å². The zero-order valence-electron chi connectivity index (χ0n) is 32.1. The molecule has 6 rings (SSSR count). The second-order valence-corrected chi connectivity index (χ2v) is 16.4. The third-order valence-corrected chi connectivity index (χ3v) is 12.1. The van der Waals surface area contributed by atoms with Crippen molar-refractivity contribution in [2.45, 2.75) is 68.9 Å². The third-order valence-electron chi connectivity index (χ3n) is 10.2. The number of amides is 1. The highest BCUT2D eigenvalue weighted by Gasteiger charge is 2.37. The van der Waals surface area contributed by atoms with Crippen LogP contribution in [0.3, 0.4) is 0 Å². The fourth-order valence-electron chi connectivity index (χ4n) is 6.98. The summed E-state index contributed by atoms with van der Waals surface area (Å²) in [5.74, 6) is -15.1. The van der Waals surface area contributed by atoms with E-state index in [1.807, 2.05) is 30.4 Å². The van der Waals surface area contributed by atoms with Crippen LogP contribution in [0.1, 0.15) is 88.3 Å². The maximum Gasteiger partial charge on any atom is 0.338 e. The van der Waals surface area contributed by atoms with Crippen molar-refractivity contribution in [2.24, 2.45) is 0 Å². The van der Waals surface area contributed by atoms with E-state index in [9.17, 15) is 44.8 Å². The number of sulfonamides is 1. The van der Waals surface area contributed by atoms with Gasteiger partial charge >= 0.3 is 11.9 Å². The molecular weight excluding hydrogens is 796 g/mol. The number of allylic oxidation sites excluding steroid dienone is 2. The van der Waals surface area contributed by atoms with Crippen molar-refractivity contribution in [1.82, 2.24) is 4.31 Å². The summed E-state index contributed by atoms with van der Waals surface area (Å²) in [5.41, 5.74) is 2.62. The zero-order chi connectivity index (χ0) is 42.3. The van der Waals surface area contributed by atoms with E-state index in [1.54, 1.807) is 42.5 Å². The van der Waals surface area contributed by atoms with Gasteiger partial charge in [-0.3, -0.25) is 4.79 Å². The van der Waals surface area contributed by atoms with Crippen LogP contribution in [-0.4, -0.2) is 50.8 Å². The molecule has 2 aliphatic carbocycles. The Hall–Kier alpha value is -5.67. The van der Waals surface area contributed by atoms with Crippen molar-refractivity contribution < 1.29 is 54.2 Å². The lowest BCUT2D eigenvalue weighted by Crippen LogP contribution is -2.41. The zero-order valence-corrected chi connectivity index (χ0v) is 32.9. The summed E-state index contributed by atoms with van der Waals surface area (Å²) in [4.78, 5) is 40.3.